The van der Waals surface area contributed by atoms with Crippen molar-refractivity contribution < 1.29 is 24.2 Å². The third-order valence-electron chi connectivity index (χ3n) is 4.32. The van der Waals surface area contributed by atoms with Crippen LogP contribution in [-0.2, 0) is 16.0 Å². The van der Waals surface area contributed by atoms with Crippen LogP contribution in [0.15, 0.2) is 18.2 Å². The fourth-order valence-corrected chi connectivity index (χ4v) is 2.62. The van der Waals surface area contributed by atoms with Crippen molar-refractivity contribution in [1.82, 2.24) is 5.32 Å². The SMILES string of the molecule is CC[C@H](C)[C@H](NC(=O)C1COc2ccc(OC)cc2C1)C(=O)O. The lowest BCUT2D eigenvalue weighted by atomic mass is 9.94. The van der Waals surface area contributed by atoms with Crippen molar-refractivity contribution in [3.8, 4) is 11.5 Å². The summed E-state index contributed by atoms with van der Waals surface area (Å²) in [5.41, 5.74) is 0.895. The maximum atomic E-state index is 12.4. The molecule has 6 heteroatoms. The Morgan fingerprint density at radius 2 is 2.22 bits per heavy atom. The van der Waals surface area contributed by atoms with Crippen LogP contribution < -0.4 is 14.8 Å². The van der Waals surface area contributed by atoms with Crippen LogP contribution in [0.2, 0.25) is 0 Å². The fraction of sp³-hybridized carbons (Fsp3) is 0.529. The second-order valence-corrected chi connectivity index (χ2v) is 5.90. The molecule has 6 nitrogen and oxygen atoms in total. The van der Waals surface area contributed by atoms with Gasteiger partial charge in [0, 0.05) is 0 Å². The summed E-state index contributed by atoms with van der Waals surface area (Å²) in [6.07, 6.45) is 1.18. The highest BCUT2D eigenvalue weighted by Gasteiger charge is 2.31. The normalized spacial score (nSPS) is 19.0. The lowest BCUT2D eigenvalue weighted by Gasteiger charge is -2.27. The summed E-state index contributed by atoms with van der Waals surface area (Å²) >= 11 is 0. The van der Waals surface area contributed by atoms with Gasteiger partial charge in [-0.2, -0.15) is 0 Å². The number of hydrogen-bond acceptors (Lipinski definition) is 4. The van der Waals surface area contributed by atoms with Crippen LogP contribution >= 0.6 is 0 Å². The summed E-state index contributed by atoms with van der Waals surface area (Å²) in [4.78, 5) is 23.7. The lowest BCUT2D eigenvalue weighted by molar-refractivity contribution is -0.144. The Hall–Kier alpha value is -2.24. The number of carboxylic acids is 1. The van der Waals surface area contributed by atoms with E-state index in [1.165, 1.54) is 0 Å². The molecule has 1 aliphatic heterocycles. The number of benzene rings is 1. The van der Waals surface area contributed by atoms with E-state index in [1.807, 2.05) is 32.0 Å². The van der Waals surface area contributed by atoms with Gasteiger partial charge in [-0.05, 0) is 36.1 Å². The van der Waals surface area contributed by atoms with Crippen molar-refractivity contribution in [2.24, 2.45) is 11.8 Å². The minimum atomic E-state index is -1.01. The van der Waals surface area contributed by atoms with Crippen LogP contribution in [0.3, 0.4) is 0 Å². The van der Waals surface area contributed by atoms with Gasteiger partial charge in [-0.25, -0.2) is 4.79 Å². The zero-order valence-electron chi connectivity index (χ0n) is 13.7. The molecule has 126 valence electrons. The third-order valence-corrected chi connectivity index (χ3v) is 4.32. The standard InChI is InChI=1S/C17H23NO5/c1-4-10(2)15(17(20)21)18-16(19)12-7-11-8-13(22-3)5-6-14(11)23-9-12/h5-6,8,10,12,15H,4,7,9H2,1-3H3,(H,18,19)(H,20,21)/t10-,12?,15-/m0/s1. The van der Waals surface area contributed by atoms with Gasteiger partial charge in [-0.1, -0.05) is 20.3 Å². The number of carbonyl (C=O) groups is 2. The molecular formula is C17H23NO5. The number of methoxy groups -OCH3 is 1. The van der Waals surface area contributed by atoms with Gasteiger partial charge in [0.25, 0.3) is 0 Å². The van der Waals surface area contributed by atoms with E-state index in [0.717, 1.165) is 11.3 Å². The molecule has 0 radical (unpaired) electrons. The van der Waals surface area contributed by atoms with Gasteiger partial charge in [-0.15, -0.1) is 0 Å². The molecule has 2 N–H and O–H groups in total. The molecule has 0 spiro atoms. The number of aliphatic carboxylic acids is 1. The zero-order chi connectivity index (χ0) is 17.0. The van der Waals surface area contributed by atoms with Crippen LogP contribution in [0.4, 0.5) is 0 Å². The number of rotatable bonds is 6. The summed E-state index contributed by atoms with van der Waals surface area (Å²) in [6.45, 7) is 3.97. The fourth-order valence-electron chi connectivity index (χ4n) is 2.62. The molecule has 0 aliphatic carbocycles. The van der Waals surface area contributed by atoms with E-state index in [0.29, 0.717) is 18.6 Å². The molecule has 3 atom stereocenters. The van der Waals surface area contributed by atoms with E-state index in [-0.39, 0.29) is 18.4 Å². The molecule has 1 aromatic carbocycles. The van der Waals surface area contributed by atoms with Crippen LogP contribution in [0.1, 0.15) is 25.8 Å². The van der Waals surface area contributed by atoms with Crippen molar-refractivity contribution in [3.63, 3.8) is 0 Å². The highest BCUT2D eigenvalue weighted by atomic mass is 16.5. The summed E-state index contributed by atoms with van der Waals surface area (Å²) in [5.74, 6) is -0.380. The Labute approximate surface area is 135 Å². The quantitative estimate of drug-likeness (QED) is 0.835. The van der Waals surface area contributed by atoms with Gasteiger partial charge in [0.2, 0.25) is 5.91 Å². The van der Waals surface area contributed by atoms with E-state index >= 15 is 0 Å². The first-order chi connectivity index (χ1) is 11.0. The number of carbonyl (C=O) groups excluding carboxylic acids is 1. The highest BCUT2D eigenvalue weighted by molar-refractivity contribution is 5.85. The topological polar surface area (TPSA) is 84.9 Å². The maximum Gasteiger partial charge on any atom is 0.326 e. The number of hydrogen-bond donors (Lipinski definition) is 2. The first kappa shape index (κ1) is 17.1. The van der Waals surface area contributed by atoms with Crippen LogP contribution in [-0.4, -0.2) is 36.7 Å². The average Bonchev–Trinajstić information content (AvgIpc) is 2.57. The van der Waals surface area contributed by atoms with Crippen LogP contribution in [0.5, 0.6) is 11.5 Å². The van der Waals surface area contributed by atoms with Crippen molar-refractivity contribution in [2.75, 3.05) is 13.7 Å². The Kier molecular flexibility index (Phi) is 5.47. The molecule has 1 heterocycles. The third kappa shape index (κ3) is 3.94. The number of fused-ring (bicyclic) bond motifs is 1. The monoisotopic (exact) mass is 321 g/mol. The molecule has 1 aromatic rings. The Bertz CT molecular complexity index is 586. The maximum absolute atomic E-state index is 12.4. The van der Waals surface area contributed by atoms with Crippen LogP contribution in [0.25, 0.3) is 0 Å². The predicted molar refractivity (Wildman–Crippen MR) is 84.7 cm³/mol. The average molecular weight is 321 g/mol. The molecular weight excluding hydrogens is 298 g/mol. The predicted octanol–water partition coefficient (Wildman–Crippen LogP) is 1.86. The minimum absolute atomic E-state index is 0.131. The smallest absolute Gasteiger partial charge is 0.326 e. The van der Waals surface area contributed by atoms with Gasteiger partial charge in [0.15, 0.2) is 0 Å². The van der Waals surface area contributed by atoms with E-state index in [9.17, 15) is 14.7 Å². The molecule has 0 aromatic heterocycles. The second kappa shape index (κ2) is 7.35. The Balaban J connectivity index is 2.07. The molecule has 0 saturated carbocycles. The summed E-state index contributed by atoms with van der Waals surface area (Å²) in [5, 5.41) is 11.9. The molecule has 1 unspecified atom stereocenters. The molecule has 0 bridgehead atoms. The Morgan fingerprint density at radius 3 is 2.83 bits per heavy atom. The van der Waals surface area contributed by atoms with E-state index in [2.05, 4.69) is 5.32 Å². The summed E-state index contributed by atoms with van der Waals surface area (Å²) < 4.78 is 10.8. The van der Waals surface area contributed by atoms with Gasteiger partial charge in [0.1, 0.15) is 24.1 Å². The summed E-state index contributed by atoms with van der Waals surface area (Å²) in [7, 11) is 1.58. The van der Waals surface area contributed by atoms with Crippen molar-refractivity contribution in [2.45, 2.75) is 32.7 Å². The molecule has 0 fully saturated rings. The van der Waals surface area contributed by atoms with E-state index in [1.54, 1.807) is 7.11 Å². The van der Waals surface area contributed by atoms with Gasteiger partial charge in [0.05, 0.1) is 13.0 Å². The zero-order valence-corrected chi connectivity index (χ0v) is 13.7. The van der Waals surface area contributed by atoms with Crippen molar-refractivity contribution >= 4 is 11.9 Å². The lowest BCUT2D eigenvalue weighted by Crippen LogP contribution is -2.49. The van der Waals surface area contributed by atoms with Crippen LogP contribution in [0, 0.1) is 11.8 Å². The van der Waals surface area contributed by atoms with E-state index in [4.69, 9.17) is 9.47 Å². The first-order valence-corrected chi connectivity index (χ1v) is 7.79. The Morgan fingerprint density at radius 1 is 1.48 bits per heavy atom. The number of amides is 1. The number of ether oxygens (including phenoxy) is 2. The molecule has 2 rings (SSSR count). The van der Waals surface area contributed by atoms with Gasteiger partial charge < -0.3 is 19.9 Å². The highest BCUT2D eigenvalue weighted by Crippen LogP contribution is 2.30. The molecule has 0 saturated heterocycles. The second-order valence-electron chi connectivity index (χ2n) is 5.90. The largest absolute Gasteiger partial charge is 0.497 e. The van der Waals surface area contributed by atoms with Crippen molar-refractivity contribution in [1.29, 1.82) is 0 Å². The number of nitrogens with one attached hydrogen (secondary N) is 1. The number of carboxylic acid groups (broad SMARTS) is 1. The molecule has 23 heavy (non-hydrogen) atoms. The minimum Gasteiger partial charge on any atom is -0.497 e. The first-order valence-electron chi connectivity index (χ1n) is 7.79. The van der Waals surface area contributed by atoms with Gasteiger partial charge >= 0.3 is 5.97 Å². The van der Waals surface area contributed by atoms with E-state index < -0.39 is 17.9 Å². The van der Waals surface area contributed by atoms with Gasteiger partial charge in [-0.3, -0.25) is 4.79 Å². The summed E-state index contributed by atoms with van der Waals surface area (Å²) in [6, 6.07) is 4.60. The molecule has 1 aliphatic rings. The van der Waals surface area contributed by atoms with Crippen molar-refractivity contribution in [3.05, 3.63) is 23.8 Å². The molecule has 1 amide bonds.